The van der Waals surface area contributed by atoms with Crippen molar-refractivity contribution in [2.75, 3.05) is 11.5 Å². The smallest absolute Gasteiger partial charge is 0.224 e. The van der Waals surface area contributed by atoms with Crippen LogP contribution in [0.25, 0.3) is 0 Å². The molecule has 0 aliphatic carbocycles. The molecule has 1 fully saturated rings. The van der Waals surface area contributed by atoms with Crippen LogP contribution in [-0.2, 0) is 14.6 Å². The molecule has 2 heterocycles. The lowest BCUT2D eigenvalue weighted by Gasteiger charge is -2.14. The summed E-state index contributed by atoms with van der Waals surface area (Å²) in [4.78, 5) is 16.6. The molecule has 2 atom stereocenters. The average Bonchev–Trinajstić information content (AvgIpc) is 2.95. The highest BCUT2D eigenvalue weighted by Crippen LogP contribution is 2.24. The van der Waals surface area contributed by atoms with Gasteiger partial charge in [-0.25, -0.2) is 13.4 Å². The maximum atomic E-state index is 12.1. The second-order valence-corrected chi connectivity index (χ2v) is 8.71. The van der Waals surface area contributed by atoms with Crippen LogP contribution in [0.15, 0.2) is 5.38 Å². The number of carbonyl (C=O) groups excluding carboxylic acids is 1. The van der Waals surface area contributed by atoms with Gasteiger partial charge in [-0.15, -0.1) is 11.3 Å². The number of hydrogen-bond donors (Lipinski definition) is 1. The van der Waals surface area contributed by atoms with E-state index < -0.39 is 15.8 Å². The third-order valence-electron chi connectivity index (χ3n) is 3.44. The van der Waals surface area contributed by atoms with E-state index >= 15 is 0 Å². The minimum Gasteiger partial charge on any atom is -0.348 e. The number of thiazole rings is 1. The van der Waals surface area contributed by atoms with Gasteiger partial charge in [-0.3, -0.25) is 4.79 Å². The Morgan fingerprint density at radius 1 is 1.45 bits per heavy atom. The molecule has 2 rings (SSSR count). The van der Waals surface area contributed by atoms with E-state index in [1.807, 2.05) is 12.3 Å². The van der Waals surface area contributed by atoms with Crippen molar-refractivity contribution in [2.24, 2.45) is 5.92 Å². The topological polar surface area (TPSA) is 76.1 Å². The average molecular weight is 316 g/mol. The highest BCUT2D eigenvalue weighted by Gasteiger charge is 2.33. The third kappa shape index (κ3) is 3.58. The number of amides is 1. The monoisotopic (exact) mass is 316 g/mol. The van der Waals surface area contributed by atoms with E-state index in [0.29, 0.717) is 12.3 Å². The summed E-state index contributed by atoms with van der Waals surface area (Å²) in [5.41, 5.74) is 0.841. The van der Waals surface area contributed by atoms with Gasteiger partial charge in [-0.05, 0) is 13.3 Å². The van der Waals surface area contributed by atoms with Gasteiger partial charge in [0.05, 0.1) is 34.2 Å². The summed E-state index contributed by atoms with van der Waals surface area (Å²) in [5.74, 6) is -0.131. The van der Waals surface area contributed by atoms with Crippen molar-refractivity contribution in [1.29, 1.82) is 0 Å². The van der Waals surface area contributed by atoms with Crippen LogP contribution >= 0.6 is 11.3 Å². The first-order chi connectivity index (χ1) is 9.28. The van der Waals surface area contributed by atoms with E-state index in [-0.39, 0.29) is 23.5 Å². The van der Waals surface area contributed by atoms with Crippen molar-refractivity contribution in [2.45, 2.75) is 39.2 Å². The molecule has 0 aromatic carbocycles. The molecule has 1 amide bonds. The maximum absolute atomic E-state index is 12.1. The lowest BCUT2D eigenvalue weighted by molar-refractivity contribution is -0.124. The zero-order chi connectivity index (χ0) is 14.9. The van der Waals surface area contributed by atoms with Crippen LogP contribution in [0.4, 0.5) is 0 Å². The molecular formula is C13H20N2O3S2. The quantitative estimate of drug-likeness (QED) is 0.920. The van der Waals surface area contributed by atoms with E-state index in [4.69, 9.17) is 0 Å². The molecule has 20 heavy (non-hydrogen) atoms. The number of carbonyl (C=O) groups is 1. The van der Waals surface area contributed by atoms with E-state index in [1.165, 1.54) is 0 Å². The largest absolute Gasteiger partial charge is 0.348 e. The molecule has 0 saturated carbocycles. The van der Waals surface area contributed by atoms with Gasteiger partial charge in [0.25, 0.3) is 0 Å². The van der Waals surface area contributed by atoms with Crippen LogP contribution in [-0.4, -0.2) is 30.8 Å². The van der Waals surface area contributed by atoms with Crippen molar-refractivity contribution in [1.82, 2.24) is 10.3 Å². The van der Waals surface area contributed by atoms with Crippen molar-refractivity contribution < 1.29 is 13.2 Å². The number of nitrogens with zero attached hydrogens (tertiary/aromatic N) is 1. The highest BCUT2D eigenvalue weighted by atomic mass is 32.2. The summed E-state index contributed by atoms with van der Waals surface area (Å²) >= 11 is 1.59. The maximum Gasteiger partial charge on any atom is 0.224 e. The first-order valence-electron chi connectivity index (χ1n) is 6.74. The van der Waals surface area contributed by atoms with Crippen LogP contribution in [0.1, 0.15) is 49.9 Å². The van der Waals surface area contributed by atoms with Crippen molar-refractivity contribution in [3.63, 3.8) is 0 Å². The molecule has 0 unspecified atom stereocenters. The number of nitrogens with one attached hydrogen (secondary N) is 1. The summed E-state index contributed by atoms with van der Waals surface area (Å²) in [6.45, 7) is 6.03. The molecule has 112 valence electrons. The fraction of sp³-hybridized carbons (Fsp3) is 0.692. The number of hydrogen-bond acceptors (Lipinski definition) is 5. The Bertz CT molecular complexity index is 593. The molecule has 1 saturated heterocycles. The van der Waals surface area contributed by atoms with Gasteiger partial charge in [0.2, 0.25) is 5.91 Å². The standard InChI is InChI=1S/C13H20N2O3S2/c1-8(2)13-15-11(6-19-13)9(3)14-12(16)10-4-5-20(17,18)7-10/h6,8-10H,4-5,7H2,1-3H3,(H,14,16)/t9-,10-/m0/s1. The first-order valence-corrected chi connectivity index (χ1v) is 9.44. The van der Waals surface area contributed by atoms with E-state index in [1.54, 1.807) is 11.3 Å². The SMILES string of the molecule is CC(C)c1nc([C@H](C)NC(=O)[C@H]2CCS(=O)(=O)C2)cs1. The predicted molar refractivity (Wildman–Crippen MR) is 79.5 cm³/mol. The minimum absolute atomic E-state index is 0.0279. The zero-order valence-electron chi connectivity index (χ0n) is 11.9. The van der Waals surface area contributed by atoms with Gasteiger partial charge in [-0.2, -0.15) is 0 Å². The van der Waals surface area contributed by atoms with Crippen LogP contribution in [0, 0.1) is 5.92 Å². The normalized spacial score (nSPS) is 22.9. The molecule has 0 bridgehead atoms. The van der Waals surface area contributed by atoms with Crippen LogP contribution in [0.3, 0.4) is 0 Å². The van der Waals surface area contributed by atoms with E-state index in [2.05, 4.69) is 24.1 Å². The molecule has 1 aliphatic rings. The van der Waals surface area contributed by atoms with Crippen molar-refractivity contribution >= 4 is 27.1 Å². The fourth-order valence-electron chi connectivity index (χ4n) is 2.17. The third-order valence-corrected chi connectivity index (χ3v) is 6.37. The summed E-state index contributed by atoms with van der Waals surface area (Å²) in [5, 5.41) is 5.86. The Labute approximate surface area is 123 Å². The number of rotatable bonds is 4. The summed E-state index contributed by atoms with van der Waals surface area (Å²) in [6, 6.07) is -0.186. The Hall–Kier alpha value is -0.950. The number of aromatic nitrogens is 1. The van der Waals surface area contributed by atoms with Gasteiger partial charge in [0, 0.05) is 11.3 Å². The Morgan fingerprint density at radius 3 is 2.65 bits per heavy atom. The summed E-state index contributed by atoms with van der Waals surface area (Å²) < 4.78 is 22.8. The Balaban J connectivity index is 1.97. The molecular weight excluding hydrogens is 296 g/mol. The number of sulfone groups is 1. The van der Waals surface area contributed by atoms with Crippen molar-refractivity contribution in [3.8, 4) is 0 Å². The second-order valence-electron chi connectivity index (χ2n) is 5.60. The highest BCUT2D eigenvalue weighted by molar-refractivity contribution is 7.91. The van der Waals surface area contributed by atoms with Crippen molar-refractivity contribution in [3.05, 3.63) is 16.1 Å². The fourth-order valence-corrected chi connectivity index (χ4v) is 4.84. The van der Waals surface area contributed by atoms with Crippen LogP contribution < -0.4 is 5.32 Å². The zero-order valence-corrected chi connectivity index (χ0v) is 13.6. The van der Waals surface area contributed by atoms with E-state index in [0.717, 1.165) is 10.7 Å². The second kappa shape index (κ2) is 5.81. The Morgan fingerprint density at radius 2 is 2.15 bits per heavy atom. The van der Waals surface area contributed by atoms with Gasteiger partial charge in [0.1, 0.15) is 0 Å². The molecule has 1 aliphatic heterocycles. The van der Waals surface area contributed by atoms with Gasteiger partial charge in [-0.1, -0.05) is 13.8 Å². The Kier molecular flexibility index (Phi) is 4.49. The molecule has 7 heteroatoms. The molecule has 1 aromatic heterocycles. The molecule has 0 spiro atoms. The van der Waals surface area contributed by atoms with E-state index in [9.17, 15) is 13.2 Å². The summed E-state index contributed by atoms with van der Waals surface area (Å²) in [6.07, 6.45) is 0.426. The molecule has 5 nitrogen and oxygen atoms in total. The molecule has 1 N–H and O–H groups in total. The predicted octanol–water partition coefficient (Wildman–Crippen LogP) is 1.88. The minimum atomic E-state index is -3.02. The van der Waals surface area contributed by atoms with Gasteiger partial charge in [0.15, 0.2) is 9.84 Å². The van der Waals surface area contributed by atoms with Crippen LogP contribution in [0.2, 0.25) is 0 Å². The summed E-state index contributed by atoms with van der Waals surface area (Å²) in [7, 11) is -3.02. The van der Waals surface area contributed by atoms with Crippen LogP contribution in [0.5, 0.6) is 0 Å². The molecule has 1 aromatic rings. The lowest BCUT2D eigenvalue weighted by Crippen LogP contribution is -2.33. The van der Waals surface area contributed by atoms with Gasteiger partial charge < -0.3 is 5.32 Å². The first kappa shape index (κ1) is 15.4. The molecule has 0 radical (unpaired) electrons. The van der Waals surface area contributed by atoms with Gasteiger partial charge >= 0.3 is 0 Å². The lowest BCUT2D eigenvalue weighted by atomic mass is 10.1.